The molecule has 0 bridgehead atoms. The summed E-state index contributed by atoms with van der Waals surface area (Å²) in [5.74, 6) is 2.66. The second kappa shape index (κ2) is 11.7. The third-order valence-corrected chi connectivity index (χ3v) is 7.28. The van der Waals surface area contributed by atoms with Gasteiger partial charge in [-0.3, -0.25) is 0 Å². The molecule has 1 aromatic rings. The molecule has 0 unspecified atom stereocenters. The van der Waals surface area contributed by atoms with Crippen LogP contribution >= 0.6 is 35.0 Å². The molecule has 0 saturated heterocycles. The van der Waals surface area contributed by atoms with Gasteiger partial charge in [0.15, 0.2) is 0 Å². The lowest BCUT2D eigenvalue weighted by molar-refractivity contribution is 0.220. The molecule has 1 aliphatic rings. The van der Waals surface area contributed by atoms with Crippen LogP contribution in [-0.4, -0.2) is 24.6 Å². The van der Waals surface area contributed by atoms with Gasteiger partial charge >= 0.3 is 0 Å². The van der Waals surface area contributed by atoms with Crippen molar-refractivity contribution < 1.29 is 0 Å². The van der Waals surface area contributed by atoms with Crippen LogP contribution in [0.4, 0.5) is 0 Å². The minimum atomic E-state index is 0.353. The maximum atomic E-state index is 6.23. The predicted octanol–water partition coefficient (Wildman–Crippen LogP) is 7.10. The van der Waals surface area contributed by atoms with Crippen LogP contribution in [0.1, 0.15) is 70.3 Å². The van der Waals surface area contributed by atoms with Crippen LogP contribution in [0.3, 0.4) is 0 Å². The predicted molar refractivity (Wildman–Crippen MR) is 116 cm³/mol. The third kappa shape index (κ3) is 6.97. The molecule has 4 heteroatoms. The van der Waals surface area contributed by atoms with Crippen molar-refractivity contribution in [1.82, 2.24) is 5.32 Å². The Labute approximate surface area is 168 Å². The fourth-order valence-corrected chi connectivity index (χ4v) is 5.00. The van der Waals surface area contributed by atoms with E-state index in [1.54, 1.807) is 0 Å². The minimum Gasteiger partial charge on any atom is -0.317 e. The van der Waals surface area contributed by atoms with Crippen LogP contribution in [0.2, 0.25) is 10.0 Å². The number of benzene rings is 1. The minimum absolute atomic E-state index is 0.353. The second-order valence-electron chi connectivity index (χ2n) is 7.29. The monoisotopic (exact) mass is 401 g/mol. The van der Waals surface area contributed by atoms with E-state index in [-0.39, 0.29) is 0 Å². The van der Waals surface area contributed by atoms with Gasteiger partial charge in [-0.05, 0) is 92.7 Å². The Morgan fingerprint density at radius 3 is 2.44 bits per heavy atom. The molecule has 0 atom stereocenters. The van der Waals surface area contributed by atoms with E-state index in [0.29, 0.717) is 15.5 Å². The van der Waals surface area contributed by atoms with Crippen LogP contribution in [0.15, 0.2) is 18.2 Å². The summed E-state index contributed by atoms with van der Waals surface area (Å²) < 4.78 is 0. The third-order valence-electron chi connectivity index (χ3n) is 5.39. The van der Waals surface area contributed by atoms with Gasteiger partial charge in [0.05, 0.1) is 10.0 Å². The number of rotatable bonds is 13. The lowest BCUT2D eigenvalue weighted by Crippen LogP contribution is -2.35. The Bertz CT molecular complexity index is 503. The molecule has 142 valence electrons. The normalized spacial score (nSPS) is 16.0. The zero-order chi connectivity index (χ0) is 18.0. The molecule has 0 spiro atoms. The summed E-state index contributed by atoms with van der Waals surface area (Å²) in [5, 5.41) is 4.98. The lowest BCUT2D eigenvalue weighted by atomic mass is 9.62. The van der Waals surface area contributed by atoms with Crippen molar-refractivity contribution in [2.75, 3.05) is 24.6 Å². The smallest absolute Gasteiger partial charge is 0.0595 e. The fraction of sp³-hybridized carbons (Fsp3) is 0.714. The maximum Gasteiger partial charge on any atom is 0.0595 e. The molecule has 0 aromatic heterocycles. The van der Waals surface area contributed by atoms with Gasteiger partial charge in [0.25, 0.3) is 0 Å². The first-order valence-electron chi connectivity index (χ1n) is 9.92. The molecule has 0 heterocycles. The van der Waals surface area contributed by atoms with Crippen LogP contribution < -0.4 is 5.32 Å². The van der Waals surface area contributed by atoms with Gasteiger partial charge in [-0.1, -0.05) is 49.0 Å². The highest BCUT2D eigenvalue weighted by atomic mass is 35.5. The van der Waals surface area contributed by atoms with Crippen LogP contribution in [0.25, 0.3) is 0 Å². The van der Waals surface area contributed by atoms with Crippen molar-refractivity contribution in [3.05, 3.63) is 33.8 Å². The van der Waals surface area contributed by atoms with E-state index in [1.165, 1.54) is 74.9 Å². The Morgan fingerprint density at radius 2 is 1.76 bits per heavy atom. The highest BCUT2D eigenvalue weighted by Crippen LogP contribution is 2.48. The van der Waals surface area contributed by atoms with Gasteiger partial charge < -0.3 is 5.32 Å². The number of nitrogens with one attached hydrogen (secondary N) is 1. The Balaban J connectivity index is 1.58. The van der Waals surface area contributed by atoms with E-state index in [4.69, 9.17) is 23.2 Å². The number of hydrogen-bond donors (Lipinski definition) is 1. The van der Waals surface area contributed by atoms with Crippen molar-refractivity contribution in [2.24, 2.45) is 0 Å². The summed E-state index contributed by atoms with van der Waals surface area (Å²) in [6, 6.07) is 6.22. The van der Waals surface area contributed by atoms with Crippen molar-refractivity contribution >= 4 is 35.0 Å². The number of hydrogen-bond acceptors (Lipinski definition) is 2. The van der Waals surface area contributed by atoms with Crippen molar-refractivity contribution in [3.63, 3.8) is 0 Å². The summed E-state index contributed by atoms with van der Waals surface area (Å²) >= 11 is 14.4. The Hall–Kier alpha value is 0.110. The van der Waals surface area contributed by atoms with E-state index < -0.39 is 0 Å². The average Bonchev–Trinajstić information content (AvgIpc) is 2.57. The molecular formula is C21H33Cl2NS. The summed E-state index contributed by atoms with van der Waals surface area (Å²) in [4.78, 5) is 0. The molecule has 25 heavy (non-hydrogen) atoms. The van der Waals surface area contributed by atoms with E-state index in [0.717, 1.165) is 13.1 Å². The molecule has 1 N–H and O–H groups in total. The topological polar surface area (TPSA) is 12.0 Å². The second-order valence-corrected chi connectivity index (χ2v) is 9.33. The zero-order valence-electron chi connectivity index (χ0n) is 15.6. The van der Waals surface area contributed by atoms with Crippen LogP contribution in [0.5, 0.6) is 0 Å². The SMILES string of the molecule is CCCCSCCCCNCCCC1(c2ccc(Cl)c(Cl)c2)CCC1. The number of thioether (sulfide) groups is 1. The summed E-state index contributed by atoms with van der Waals surface area (Å²) in [5.41, 5.74) is 1.74. The molecule has 0 aliphatic heterocycles. The van der Waals surface area contributed by atoms with Gasteiger partial charge in [-0.25, -0.2) is 0 Å². The number of halogens is 2. The molecule has 0 radical (unpaired) electrons. The standard InChI is InChI=1S/C21H33Cl2NS/c1-2-3-15-25-16-5-4-13-24-14-7-12-21(10-6-11-21)18-8-9-19(22)20(23)17-18/h8-9,17,24H,2-7,10-16H2,1H3. The summed E-state index contributed by atoms with van der Waals surface area (Å²) in [7, 11) is 0. The quantitative estimate of drug-likeness (QED) is 0.353. The first-order valence-corrected chi connectivity index (χ1v) is 11.8. The van der Waals surface area contributed by atoms with Gasteiger partial charge in [0.1, 0.15) is 0 Å². The molecule has 2 rings (SSSR count). The molecule has 1 fully saturated rings. The molecular weight excluding hydrogens is 369 g/mol. The van der Waals surface area contributed by atoms with Gasteiger partial charge in [-0.2, -0.15) is 11.8 Å². The highest BCUT2D eigenvalue weighted by molar-refractivity contribution is 7.99. The molecule has 0 amide bonds. The Morgan fingerprint density at radius 1 is 1.00 bits per heavy atom. The molecule has 1 aliphatic carbocycles. The van der Waals surface area contributed by atoms with Gasteiger partial charge in [0, 0.05) is 0 Å². The molecule has 1 saturated carbocycles. The van der Waals surface area contributed by atoms with Crippen molar-refractivity contribution in [3.8, 4) is 0 Å². The van der Waals surface area contributed by atoms with Gasteiger partial charge in [-0.15, -0.1) is 0 Å². The number of unbranched alkanes of at least 4 members (excludes halogenated alkanes) is 2. The first-order chi connectivity index (χ1) is 12.2. The maximum absolute atomic E-state index is 6.23. The largest absolute Gasteiger partial charge is 0.317 e. The van der Waals surface area contributed by atoms with Crippen molar-refractivity contribution in [2.45, 2.75) is 70.1 Å². The van der Waals surface area contributed by atoms with Crippen LogP contribution in [0, 0.1) is 0 Å². The highest BCUT2D eigenvalue weighted by Gasteiger charge is 2.38. The van der Waals surface area contributed by atoms with Crippen LogP contribution in [-0.2, 0) is 5.41 Å². The first kappa shape index (κ1) is 21.4. The lowest BCUT2D eigenvalue weighted by Gasteiger charge is -2.43. The zero-order valence-corrected chi connectivity index (χ0v) is 17.9. The fourth-order valence-electron chi connectivity index (χ4n) is 3.59. The molecule has 1 aromatic carbocycles. The van der Waals surface area contributed by atoms with E-state index >= 15 is 0 Å². The van der Waals surface area contributed by atoms with Gasteiger partial charge in [0.2, 0.25) is 0 Å². The van der Waals surface area contributed by atoms with E-state index in [9.17, 15) is 0 Å². The van der Waals surface area contributed by atoms with E-state index in [2.05, 4.69) is 36.1 Å². The summed E-state index contributed by atoms with van der Waals surface area (Å²) in [6.45, 7) is 4.56. The summed E-state index contributed by atoms with van der Waals surface area (Å²) in [6.07, 6.45) is 11.7. The van der Waals surface area contributed by atoms with E-state index in [1.807, 2.05) is 6.07 Å². The Kier molecular flexibility index (Phi) is 10.1. The molecule has 1 nitrogen and oxygen atoms in total. The average molecular weight is 402 g/mol. The van der Waals surface area contributed by atoms with Crippen molar-refractivity contribution in [1.29, 1.82) is 0 Å².